The Labute approximate surface area is 173 Å². The van der Waals surface area contributed by atoms with Crippen LogP contribution >= 0.6 is 11.6 Å². The molecule has 0 saturated heterocycles. The molecule has 0 atom stereocenters. The molecule has 1 aliphatic rings. The Hall–Kier alpha value is -3.25. The Morgan fingerprint density at radius 3 is 2.69 bits per heavy atom. The number of halogens is 1. The molecule has 148 valence electrons. The summed E-state index contributed by atoms with van der Waals surface area (Å²) in [7, 11) is 0. The van der Waals surface area contributed by atoms with Gasteiger partial charge in [0.05, 0.1) is 12.6 Å². The molecule has 2 heterocycles. The van der Waals surface area contributed by atoms with Gasteiger partial charge >= 0.3 is 0 Å². The predicted octanol–water partition coefficient (Wildman–Crippen LogP) is 4.17. The first-order valence-electron chi connectivity index (χ1n) is 9.16. The quantitative estimate of drug-likeness (QED) is 0.508. The van der Waals surface area contributed by atoms with E-state index in [1.54, 1.807) is 12.3 Å². The number of hydrogen-bond acceptors (Lipinski definition) is 4. The van der Waals surface area contributed by atoms with E-state index in [0.717, 1.165) is 28.2 Å². The van der Waals surface area contributed by atoms with E-state index in [-0.39, 0.29) is 19.1 Å². The highest BCUT2D eigenvalue weighted by Crippen LogP contribution is 2.32. The van der Waals surface area contributed by atoms with Gasteiger partial charge in [0, 0.05) is 27.7 Å². The van der Waals surface area contributed by atoms with Crippen LogP contribution in [0.4, 0.5) is 0 Å². The number of hydrogen-bond donors (Lipinski definition) is 1. The summed E-state index contributed by atoms with van der Waals surface area (Å²) in [6.07, 6.45) is 1.87. The van der Waals surface area contributed by atoms with Crippen LogP contribution in [0.1, 0.15) is 22.5 Å². The summed E-state index contributed by atoms with van der Waals surface area (Å²) in [5, 5.41) is 4.82. The van der Waals surface area contributed by atoms with Gasteiger partial charge in [-0.1, -0.05) is 17.7 Å². The van der Waals surface area contributed by atoms with Crippen LogP contribution in [0, 0.1) is 13.8 Å². The molecule has 0 fully saturated rings. The van der Waals surface area contributed by atoms with Gasteiger partial charge in [-0.3, -0.25) is 4.79 Å². The average Bonchev–Trinajstić information content (AvgIpc) is 3.27. The molecule has 29 heavy (non-hydrogen) atoms. The molecule has 0 aliphatic carbocycles. The minimum atomic E-state index is -0.202. The van der Waals surface area contributed by atoms with E-state index in [2.05, 4.69) is 15.1 Å². The summed E-state index contributed by atoms with van der Waals surface area (Å²) in [5.74, 6) is 1.16. The minimum absolute atomic E-state index is 0.202. The number of carbonyl (C=O) groups is 1. The molecule has 0 bridgehead atoms. The van der Waals surface area contributed by atoms with Gasteiger partial charge in [0.1, 0.15) is 0 Å². The standard InChI is InChI=1S/C22H20ClN3O3/c1-14-9-17(15(2)26(14)19-6-4-18(23)5-7-19)12-24-25-22(27)11-16-3-8-20-21(10-16)29-13-28-20/h3-10,12H,11,13H2,1-2H3,(H,25,27)/b24-12-. The van der Waals surface area contributed by atoms with E-state index in [4.69, 9.17) is 21.1 Å². The molecular weight excluding hydrogens is 390 g/mol. The maximum absolute atomic E-state index is 12.2. The first-order chi connectivity index (χ1) is 14.0. The first kappa shape index (κ1) is 19.1. The molecular formula is C22H20ClN3O3. The number of aromatic nitrogens is 1. The summed E-state index contributed by atoms with van der Waals surface area (Å²) in [6.45, 7) is 4.25. The van der Waals surface area contributed by atoms with Gasteiger partial charge < -0.3 is 14.0 Å². The second-order valence-corrected chi connectivity index (χ2v) is 7.23. The van der Waals surface area contributed by atoms with Crippen molar-refractivity contribution in [3.8, 4) is 17.2 Å². The molecule has 0 spiro atoms. The molecule has 1 aliphatic heterocycles. The third-order valence-electron chi connectivity index (χ3n) is 4.75. The zero-order valence-electron chi connectivity index (χ0n) is 16.1. The molecule has 0 radical (unpaired) electrons. The van der Waals surface area contributed by atoms with Crippen molar-refractivity contribution in [2.45, 2.75) is 20.3 Å². The number of aryl methyl sites for hydroxylation is 1. The van der Waals surface area contributed by atoms with Crippen molar-refractivity contribution in [2.75, 3.05) is 6.79 Å². The number of amides is 1. The van der Waals surface area contributed by atoms with Gasteiger partial charge in [0.15, 0.2) is 11.5 Å². The van der Waals surface area contributed by atoms with Crippen LogP contribution in [-0.4, -0.2) is 23.5 Å². The topological polar surface area (TPSA) is 64.8 Å². The van der Waals surface area contributed by atoms with Gasteiger partial charge in [0.25, 0.3) is 0 Å². The van der Waals surface area contributed by atoms with E-state index >= 15 is 0 Å². The number of fused-ring (bicyclic) bond motifs is 1. The normalized spacial score (nSPS) is 12.5. The summed E-state index contributed by atoms with van der Waals surface area (Å²) in [6, 6.07) is 15.1. The molecule has 3 aromatic rings. The average molecular weight is 410 g/mol. The number of hydrazone groups is 1. The van der Waals surface area contributed by atoms with Crippen LogP contribution in [0.15, 0.2) is 53.6 Å². The number of ether oxygens (including phenoxy) is 2. The molecule has 0 unspecified atom stereocenters. The van der Waals surface area contributed by atoms with Crippen LogP contribution in [-0.2, 0) is 11.2 Å². The zero-order chi connectivity index (χ0) is 20.4. The van der Waals surface area contributed by atoms with Gasteiger partial charge in [-0.15, -0.1) is 0 Å². The van der Waals surface area contributed by atoms with Crippen molar-refractivity contribution in [1.29, 1.82) is 0 Å². The van der Waals surface area contributed by atoms with Crippen molar-refractivity contribution >= 4 is 23.7 Å². The van der Waals surface area contributed by atoms with Gasteiger partial charge in [-0.05, 0) is 61.9 Å². The molecule has 7 heteroatoms. The lowest BCUT2D eigenvalue weighted by molar-refractivity contribution is -0.120. The Bertz CT molecular complexity index is 1090. The minimum Gasteiger partial charge on any atom is -0.454 e. The third-order valence-corrected chi connectivity index (χ3v) is 5.00. The van der Waals surface area contributed by atoms with Crippen LogP contribution < -0.4 is 14.9 Å². The Morgan fingerprint density at radius 1 is 1.14 bits per heavy atom. The number of rotatable bonds is 5. The van der Waals surface area contributed by atoms with Gasteiger partial charge in [0.2, 0.25) is 12.7 Å². The Morgan fingerprint density at radius 2 is 1.90 bits per heavy atom. The zero-order valence-corrected chi connectivity index (χ0v) is 16.9. The highest BCUT2D eigenvalue weighted by Gasteiger charge is 2.14. The summed E-state index contributed by atoms with van der Waals surface area (Å²) in [4.78, 5) is 12.2. The van der Waals surface area contributed by atoms with Crippen LogP contribution in [0.25, 0.3) is 5.69 Å². The van der Waals surface area contributed by atoms with Crippen LogP contribution in [0.5, 0.6) is 11.5 Å². The van der Waals surface area contributed by atoms with Crippen molar-refractivity contribution in [3.05, 3.63) is 76.1 Å². The fourth-order valence-corrected chi connectivity index (χ4v) is 3.48. The SMILES string of the molecule is Cc1cc(/C=N\NC(=O)Cc2ccc3c(c2)OCO3)c(C)n1-c1ccc(Cl)cc1. The van der Waals surface area contributed by atoms with Crippen molar-refractivity contribution in [3.63, 3.8) is 0 Å². The van der Waals surface area contributed by atoms with Crippen molar-refractivity contribution in [2.24, 2.45) is 5.10 Å². The lowest BCUT2D eigenvalue weighted by Crippen LogP contribution is -2.19. The molecule has 4 rings (SSSR count). The Kier molecular flexibility index (Phi) is 5.27. The van der Waals surface area contributed by atoms with E-state index in [9.17, 15) is 4.79 Å². The molecule has 6 nitrogen and oxygen atoms in total. The highest BCUT2D eigenvalue weighted by molar-refractivity contribution is 6.30. The smallest absolute Gasteiger partial charge is 0.244 e. The van der Waals surface area contributed by atoms with E-state index in [0.29, 0.717) is 16.5 Å². The molecule has 1 N–H and O–H groups in total. The fourth-order valence-electron chi connectivity index (χ4n) is 3.36. The van der Waals surface area contributed by atoms with E-state index in [1.165, 1.54) is 0 Å². The van der Waals surface area contributed by atoms with Crippen LogP contribution in [0.2, 0.25) is 5.02 Å². The highest BCUT2D eigenvalue weighted by atomic mass is 35.5. The summed E-state index contributed by atoms with van der Waals surface area (Å²) < 4.78 is 12.7. The largest absolute Gasteiger partial charge is 0.454 e. The lowest BCUT2D eigenvalue weighted by atomic mass is 10.1. The molecule has 2 aromatic carbocycles. The summed E-state index contributed by atoms with van der Waals surface area (Å²) >= 11 is 5.98. The number of benzene rings is 2. The van der Waals surface area contributed by atoms with E-state index in [1.807, 2.05) is 56.3 Å². The van der Waals surface area contributed by atoms with Crippen LogP contribution in [0.3, 0.4) is 0 Å². The monoisotopic (exact) mass is 409 g/mol. The second-order valence-electron chi connectivity index (χ2n) is 6.80. The van der Waals surface area contributed by atoms with Gasteiger partial charge in [-0.25, -0.2) is 5.43 Å². The number of carbonyl (C=O) groups excluding carboxylic acids is 1. The third kappa shape index (κ3) is 4.12. The summed E-state index contributed by atoms with van der Waals surface area (Å²) in [5.41, 5.74) is 7.47. The second kappa shape index (κ2) is 8.01. The van der Waals surface area contributed by atoms with E-state index < -0.39 is 0 Å². The Balaban J connectivity index is 1.42. The lowest BCUT2D eigenvalue weighted by Gasteiger charge is -2.09. The maximum Gasteiger partial charge on any atom is 0.244 e. The van der Waals surface area contributed by atoms with Crippen molar-refractivity contribution in [1.82, 2.24) is 9.99 Å². The molecule has 0 saturated carbocycles. The predicted molar refractivity (Wildman–Crippen MR) is 112 cm³/mol. The maximum atomic E-state index is 12.2. The molecule has 1 aromatic heterocycles. The van der Waals surface area contributed by atoms with Crippen molar-refractivity contribution < 1.29 is 14.3 Å². The van der Waals surface area contributed by atoms with Gasteiger partial charge in [-0.2, -0.15) is 5.10 Å². The molecule has 1 amide bonds. The fraction of sp³-hybridized carbons (Fsp3) is 0.182. The first-order valence-corrected chi connectivity index (χ1v) is 9.54. The number of nitrogens with zero attached hydrogens (tertiary/aromatic N) is 2. The number of nitrogens with one attached hydrogen (secondary N) is 1.